The monoisotopic (exact) mass is 256 g/mol. The van der Waals surface area contributed by atoms with Gasteiger partial charge in [0.15, 0.2) is 0 Å². The maximum Gasteiger partial charge on any atom is 0.227 e. The van der Waals surface area contributed by atoms with Gasteiger partial charge in [0.25, 0.3) is 0 Å². The first-order valence-electron chi connectivity index (χ1n) is 6.92. The number of carbonyl (C=O) groups excluding carboxylic acids is 1. The van der Waals surface area contributed by atoms with Crippen LogP contribution in [0.4, 0.5) is 0 Å². The van der Waals surface area contributed by atoms with Crippen LogP contribution >= 0.6 is 11.8 Å². The van der Waals surface area contributed by atoms with E-state index in [1.165, 1.54) is 24.3 Å². The van der Waals surface area contributed by atoms with Crippen molar-refractivity contribution in [3.05, 3.63) is 0 Å². The summed E-state index contributed by atoms with van der Waals surface area (Å²) in [6.07, 6.45) is 4.59. The third-order valence-electron chi connectivity index (χ3n) is 3.90. The number of amides is 1. The van der Waals surface area contributed by atoms with Crippen molar-refractivity contribution in [1.82, 2.24) is 10.2 Å². The van der Waals surface area contributed by atoms with E-state index in [1.54, 1.807) is 0 Å². The zero-order valence-corrected chi connectivity index (χ0v) is 11.6. The lowest BCUT2D eigenvalue weighted by atomic mass is 9.96. The molecule has 4 heteroatoms. The van der Waals surface area contributed by atoms with Crippen LogP contribution in [-0.2, 0) is 4.79 Å². The highest BCUT2D eigenvalue weighted by molar-refractivity contribution is 7.99. The van der Waals surface area contributed by atoms with Crippen LogP contribution in [0.15, 0.2) is 0 Å². The van der Waals surface area contributed by atoms with Gasteiger partial charge in [-0.2, -0.15) is 11.8 Å². The fourth-order valence-corrected chi connectivity index (χ4v) is 3.97. The standard InChI is InChI=1S/C13H24N2OS/c1-2-15(12-5-8-17-9-6-12)13(16)11-4-3-7-14-10-11/h11-12,14H,2-10H2,1H3. The topological polar surface area (TPSA) is 32.3 Å². The van der Waals surface area contributed by atoms with Gasteiger partial charge in [0, 0.05) is 19.1 Å². The first-order valence-corrected chi connectivity index (χ1v) is 8.07. The summed E-state index contributed by atoms with van der Waals surface area (Å²) in [5, 5.41) is 3.35. The van der Waals surface area contributed by atoms with Crippen molar-refractivity contribution in [3.63, 3.8) is 0 Å². The third kappa shape index (κ3) is 3.38. The Morgan fingerprint density at radius 3 is 2.71 bits per heavy atom. The summed E-state index contributed by atoms with van der Waals surface area (Å²) < 4.78 is 0. The average Bonchev–Trinajstić information content (AvgIpc) is 2.42. The van der Waals surface area contributed by atoms with Crippen LogP contribution in [-0.4, -0.2) is 48.0 Å². The van der Waals surface area contributed by atoms with Gasteiger partial charge in [0.05, 0.1) is 5.92 Å². The van der Waals surface area contributed by atoms with Crippen molar-refractivity contribution in [3.8, 4) is 0 Å². The van der Waals surface area contributed by atoms with Gasteiger partial charge in [-0.15, -0.1) is 0 Å². The van der Waals surface area contributed by atoms with Crippen LogP contribution in [0.1, 0.15) is 32.6 Å². The highest BCUT2D eigenvalue weighted by Gasteiger charge is 2.30. The van der Waals surface area contributed by atoms with E-state index in [1.807, 2.05) is 11.8 Å². The summed E-state index contributed by atoms with van der Waals surface area (Å²) >= 11 is 2.02. The van der Waals surface area contributed by atoms with E-state index < -0.39 is 0 Å². The lowest BCUT2D eigenvalue weighted by Crippen LogP contribution is -2.48. The molecule has 0 aromatic rings. The summed E-state index contributed by atoms with van der Waals surface area (Å²) in [4.78, 5) is 14.7. The molecule has 1 amide bonds. The molecular formula is C13H24N2OS. The quantitative estimate of drug-likeness (QED) is 0.834. The molecule has 0 aliphatic carbocycles. The maximum atomic E-state index is 12.5. The number of hydrogen-bond acceptors (Lipinski definition) is 3. The predicted octanol–water partition coefficient (Wildman–Crippen LogP) is 1.73. The molecule has 3 nitrogen and oxygen atoms in total. The molecule has 17 heavy (non-hydrogen) atoms. The lowest BCUT2D eigenvalue weighted by Gasteiger charge is -2.36. The number of carbonyl (C=O) groups is 1. The van der Waals surface area contributed by atoms with Gasteiger partial charge in [-0.1, -0.05) is 0 Å². The molecule has 2 heterocycles. The second-order valence-electron chi connectivity index (χ2n) is 5.01. The van der Waals surface area contributed by atoms with Crippen LogP contribution in [0.5, 0.6) is 0 Å². The van der Waals surface area contributed by atoms with Crippen LogP contribution in [0, 0.1) is 5.92 Å². The molecule has 98 valence electrons. The van der Waals surface area contributed by atoms with Crippen LogP contribution in [0.2, 0.25) is 0 Å². The van der Waals surface area contributed by atoms with E-state index in [0.717, 1.165) is 32.5 Å². The molecule has 0 aromatic heterocycles. The van der Waals surface area contributed by atoms with Gasteiger partial charge < -0.3 is 10.2 Å². The highest BCUT2D eigenvalue weighted by atomic mass is 32.2. The molecule has 0 radical (unpaired) electrons. The van der Waals surface area contributed by atoms with Crippen molar-refractivity contribution in [2.75, 3.05) is 31.1 Å². The number of rotatable bonds is 3. The molecule has 0 bridgehead atoms. The summed E-state index contributed by atoms with van der Waals surface area (Å²) in [5.41, 5.74) is 0. The minimum Gasteiger partial charge on any atom is -0.340 e. The Bertz CT molecular complexity index is 248. The third-order valence-corrected chi connectivity index (χ3v) is 4.95. The summed E-state index contributed by atoms with van der Waals surface area (Å²) in [6, 6.07) is 0.510. The largest absolute Gasteiger partial charge is 0.340 e. The van der Waals surface area contributed by atoms with Crippen molar-refractivity contribution >= 4 is 17.7 Å². The van der Waals surface area contributed by atoms with E-state index >= 15 is 0 Å². The van der Waals surface area contributed by atoms with E-state index in [0.29, 0.717) is 11.9 Å². The maximum absolute atomic E-state index is 12.5. The van der Waals surface area contributed by atoms with Gasteiger partial charge >= 0.3 is 0 Å². The number of nitrogens with one attached hydrogen (secondary N) is 1. The Morgan fingerprint density at radius 1 is 1.35 bits per heavy atom. The Hall–Kier alpha value is -0.220. The molecule has 1 atom stereocenters. The minimum atomic E-state index is 0.235. The minimum absolute atomic E-state index is 0.235. The normalized spacial score (nSPS) is 26.8. The molecule has 2 saturated heterocycles. The highest BCUT2D eigenvalue weighted by Crippen LogP contribution is 2.24. The zero-order chi connectivity index (χ0) is 12.1. The molecule has 2 aliphatic rings. The summed E-state index contributed by atoms with van der Waals surface area (Å²) in [7, 11) is 0. The van der Waals surface area contributed by atoms with Crippen molar-refractivity contribution in [2.24, 2.45) is 5.92 Å². The average molecular weight is 256 g/mol. The fourth-order valence-electron chi connectivity index (χ4n) is 2.89. The van der Waals surface area contributed by atoms with E-state index in [4.69, 9.17) is 0 Å². The van der Waals surface area contributed by atoms with Crippen LogP contribution in [0.3, 0.4) is 0 Å². The van der Waals surface area contributed by atoms with Gasteiger partial charge in [-0.05, 0) is 50.7 Å². The number of nitrogens with zero attached hydrogens (tertiary/aromatic N) is 1. The Labute approximate surface area is 109 Å². The van der Waals surface area contributed by atoms with Crippen LogP contribution < -0.4 is 5.32 Å². The van der Waals surface area contributed by atoms with Crippen LogP contribution in [0.25, 0.3) is 0 Å². The summed E-state index contributed by atoms with van der Waals surface area (Å²) in [5.74, 6) is 3.07. The van der Waals surface area contributed by atoms with Crippen molar-refractivity contribution < 1.29 is 4.79 Å². The van der Waals surface area contributed by atoms with E-state index in [2.05, 4.69) is 17.1 Å². The van der Waals surface area contributed by atoms with E-state index in [-0.39, 0.29) is 5.92 Å². The number of thioether (sulfide) groups is 1. The Kier molecular flexibility index (Phi) is 5.16. The molecule has 0 aromatic carbocycles. The fraction of sp³-hybridized carbons (Fsp3) is 0.923. The second-order valence-corrected chi connectivity index (χ2v) is 6.24. The molecule has 2 rings (SSSR count). The van der Waals surface area contributed by atoms with Crippen molar-refractivity contribution in [2.45, 2.75) is 38.6 Å². The molecule has 0 saturated carbocycles. The van der Waals surface area contributed by atoms with Gasteiger partial charge in [0.2, 0.25) is 5.91 Å². The molecule has 0 spiro atoms. The SMILES string of the molecule is CCN(C(=O)C1CCCNC1)C1CCSCC1. The number of hydrogen-bond donors (Lipinski definition) is 1. The Morgan fingerprint density at radius 2 is 2.12 bits per heavy atom. The first kappa shape index (κ1) is 13.2. The van der Waals surface area contributed by atoms with E-state index in [9.17, 15) is 4.79 Å². The van der Waals surface area contributed by atoms with Gasteiger partial charge in [-0.25, -0.2) is 0 Å². The Balaban J connectivity index is 1.93. The number of piperidine rings is 1. The molecule has 1 unspecified atom stereocenters. The second kappa shape index (κ2) is 6.64. The predicted molar refractivity (Wildman–Crippen MR) is 73.3 cm³/mol. The molecule has 2 fully saturated rings. The van der Waals surface area contributed by atoms with Crippen molar-refractivity contribution in [1.29, 1.82) is 0 Å². The zero-order valence-electron chi connectivity index (χ0n) is 10.8. The summed E-state index contributed by atoms with van der Waals surface area (Å²) in [6.45, 7) is 4.97. The molecular weight excluding hydrogens is 232 g/mol. The molecule has 2 aliphatic heterocycles. The first-order chi connectivity index (χ1) is 8.33. The smallest absolute Gasteiger partial charge is 0.227 e. The van der Waals surface area contributed by atoms with Gasteiger partial charge in [-0.3, -0.25) is 4.79 Å². The lowest BCUT2D eigenvalue weighted by molar-refractivity contribution is -0.138. The molecule has 1 N–H and O–H groups in total. The van der Waals surface area contributed by atoms with Gasteiger partial charge in [0.1, 0.15) is 0 Å².